The van der Waals surface area contributed by atoms with Gasteiger partial charge in [-0.2, -0.15) is 0 Å². The van der Waals surface area contributed by atoms with Crippen LogP contribution in [-0.4, -0.2) is 40.7 Å². The van der Waals surface area contributed by atoms with Gasteiger partial charge in [0.15, 0.2) is 0 Å². The number of carboxylic acids is 1. The third kappa shape index (κ3) is 2.74. The fourth-order valence-electron chi connectivity index (χ4n) is 2.62. The third-order valence-corrected chi connectivity index (χ3v) is 4.43. The second-order valence-electron chi connectivity index (χ2n) is 5.37. The van der Waals surface area contributed by atoms with E-state index in [1.165, 1.54) is 0 Å². The van der Waals surface area contributed by atoms with E-state index in [1.807, 2.05) is 18.2 Å². The van der Waals surface area contributed by atoms with Crippen LogP contribution in [0.25, 0.3) is 10.9 Å². The standard InChI is InChI=1S/C15H15BrN2O4/c16-10-1-2-11-9(7-10)8-12(17-11)13(19)18-15(14(20)21)3-5-22-6-4-15/h1-2,7-8,17H,3-6H2,(H,18,19)(H,20,21). The van der Waals surface area contributed by atoms with Crippen LogP contribution in [0.2, 0.25) is 0 Å². The van der Waals surface area contributed by atoms with E-state index in [2.05, 4.69) is 26.2 Å². The molecule has 3 rings (SSSR count). The fourth-order valence-corrected chi connectivity index (χ4v) is 3.00. The zero-order chi connectivity index (χ0) is 15.7. The Bertz CT molecular complexity index is 734. The minimum absolute atomic E-state index is 0.264. The number of carboxylic acid groups (broad SMARTS) is 1. The molecular weight excluding hydrogens is 352 g/mol. The number of aromatic nitrogens is 1. The largest absolute Gasteiger partial charge is 0.480 e. The van der Waals surface area contributed by atoms with E-state index < -0.39 is 17.4 Å². The third-order valence-electron chi connectivity index (χ3n) is 3.94. The van der Waals surface area contributed by atoms with Crippen LogP contribution in [0.1, 0.15) is 23.3 Å². The first-order valence-corrected chi connectivity index (χ1v) is 7.71. The van der Waals surface area contributed by atoms with Crippen molar-refractivity contribution in [3.63, 3.8) is 0 Å². The summed E-state index contributed by atoms with van der Waals surface area (Å²) in [6.45, 7) is 0.651. The molecule has 1 aromatic heterocycles. The first-order valence-electron chi connectivity index (χ1n) is 6.92. The molecule has 3 N–H and O–H groups in total. The molecule has 0 unspecified atom stereocenters. The van der Waals surface area contributed by atoms with E-state index in [0.29, 0.717) is 18.9 Å². The molecule has 1 saturated heterocycles. The smallest absolute Gasteiger partial charge is 0.329 e. The lowest BCUT2D eigenvalue weighted by molar-refractivity contribution is -0.148. The number of aliphatic carboxylic acids is 1. The van der Waals surface area contributed by atoms with Crippen molar-refractivity contribution in [1.82, 2.24) is 10.3 Å². The topological polar surface area (TPSA) is 91.4 Å². The van der Waals surface area contributed by atoms with Gasteiger partial charge in [0.1, 0.15) is 11.2 Å². The maximum absolute atomic E-state index is 12.4. The van der Waals surface area contributed by atoms with E-state index in [4.69, 9.17) is 4.74 Å². The summed E-state index contributed by atoms with van der Waals surface area (Å²) in [4.78, 5) is 27.0. The number of fused-ring (bicyclic) bond motifs is 1. The lowest BCUT2D eigenvalue weighted by Gasteiger charge is -2.33. The van der Waals surface area contributed by atoms with Crippen molar-refractivity contribution in [3.8, 4) is 0 Å². The van der Waals surface area contributed by atoms with E-state index >= 15 is 0 Å². The van der Waals surface area contributed by atoms with E-state index in [0.717, 1.165) is 15.4 Å². The fraction of sp³-hybridized carbons (Fsp3) is 0.333. The van der Waals surface area contributed by atoms with Crippen molar-refractivity contribution in [2.75, 3.05) is 13.2 Å². The van der Waals surface area contributed by atoms with Crippen LogP contribution in [0.5, 0.6) is 0 Å². The van der Waals surface area contributed by atoms with E-state index in [9.17, 15) is 14.7 Å². The maximum atomic E-state index is 12.4. The minimum atomic E-state index is -1.26. The summed E-state index contributed by atoms with van der Waals surface area (Å²) in [7, 11) is 0. The van der Waals surface area contributed by atoms with Crippen LogP contribution >= 0.6 is 15.9 Å². The molecular formula is C15H15BrN2O4. The number of aromatic amines is 1. The molecule has 0 atom stereocenters. The molecule has 2 heterocycles. The SMILES string of the molecule is O=C(NC1(C(=O)O)CCOCC1)c1cc2cc(Br)ccc2[nH]1. The van der Waals surface area contributed by atoms with Crippen LogP contribution < -0.4 is 5.32 Å². The Morgan fingerprint density at radius 3 is 2.68 bits per heavy atom. The molecule has 116 valence electrons. The van der Waals surface area contributed by atoms with Gasteiger partial charge in [-0.25, -0.2) is 4.79 Å². The molecule has 1 fully saturated rings. The molecule has 6 nitrogen and oxygen atoms in total. The van der Waals surface area contributed by atoms with Crippen molar-refractivity contribution in [1.29, 1.82) is 0 Å². The first-order chi connectivity index (χ1) is 10.5. The normalized spacial score (nSPS) is 17.3. The van der Waals surface area contributed by atoms with Crippen molar-refractivity contribution >= 4 is 38.7 Å². The van der Waals surface area contributed by atoms with Gasteiger partial charge in [-0.1, -0.05) is 15.9 Å². The Morgan fingerprint density at radius 2 is 2.00 bits per heavy atom. The summed E-state index contributed by atoms with van der Waals surface area (Å²) in [5, 5.41) is 13.0. The Kier molecular flexibility index (Phi) is 3.92. The zero-order valence-electron chi connectivity index (χ0n) is 11.7. The number of halogens is 1. The van der Waals surface area contributed by atoms with Crippen molar-refractivity contribution < 1.29 is 19.4 Å². The average Bonchev–Trinajstić information content (AvgIpc) is 2.91. The monoisotopic (exact) mass is 366 g/mol. The number of carbonyl (C=O) groups excluding carboxylic acids is 1. The highest BCUT2D eigenvalue weighted by molar-refractivity contribution is 9.10. The molecule has 22 heavy (non-hydrogen) atoms. The molecule has 7 heteroatoms. The highest BCUT2D eigenvalue weighted by atomic mass is 79.9. The summed E-state index contributed by atoms with van der Waals surface area (Å²) < 4.78 is 6.11. The maximum Gasteiger partial charge on any atom is 0.329 e. The summed E-state index contributed by atoms with van der Waals surface area (Å²) in [6, 6.07) is 7.34. The molecule has 1 aliphatic rings. The Morgan fingerprint density at radius 1 is 1.27 bits per heavy atom. The Labute approximate surface area is 135 Å². The van der Waals surface area contributed by atoms with Crippen LogP contribution in [0.3, 0.4) is 0 Å². The first kappa shape index (κ1) is 15.1. The van der Waals surface area contributed by atoms with E-state index in [-0.39, 0.29) is 12.8 Å². The predicted octanol–water partition coefficient (Wildman–Crippen LogP) is 2.29. The van der Waals surface area contributed by atoms with Crippen molar-refractivity contribution in [2.45, 2.75) is 18.4 Å². The highest BCUT2D eigenvalue weighted by Crippen LogP contribution is 2.24. The Hall–Kier alpha value is -1.86. The minimum Gasteiger partial charge on any atom is -0.480 e. The molecule has 0 bridgehead atoms. The molecule has 0 aliphatic carbocycles. The number of ether oxygens (including phenoxy) is 1. The molecule has 2 aromatic rings. The predicted molar refractivity (Wildman–Crippen MR) is 83.9 cm³/mol. The molecule has 1 aliphatic heterocycles. The number of H-pyrrole nitrogens is 1. The van der Waals surface area contributed by atoms with Crippen LogP contribution in [0, 0.1) is 0 Å². The molecule has 0 saturated carbocycles. The van der Waals surface area contributed by atoms with Gasteiger partial charge in [0.25, 0.3) is 5.91 Å². The number of amides is 1. The second-order valence-corrected chi connectivity index (χ2v) is 6.28. The quantitative estimate of drug-likeness (QED) is 0.776. The molecule has 1 amide bonds. The van der Waals surface area contributed by atoms with Gasteiger partial charge in [-0.15, -0.1) is 0 Å². The van der Waals surface area contributed by atoms with Gasteiger partial charge in [0.05, 0.1) is 0 Å². The van der Waals surface area contributed by atoms with Gasteiger partial charge >= 0.3 is 5.97 Å². The van der Waals surface area contributed by atoms with Gasteiger partial charge in [-0.05, 0) is 24.3 Å². The average molecular weight is 367 g/mol. The number of hydrogen-bond acceptors (Lipinski definition) is 3. The number of hydrogen-bond donors (Lipinski definition) is 3. The summed E-state index contributed by atoms with van der Waals surface area (Å²) in [5.41, 5.74) is -0.0855. The number of carbonyl (C=O) groups is 2. The number of rotatable bonds is 3. The second kappa shape index (κ2) is 5.73. The van der Waals surface area contributed by atoms with Gasteiger partial charge in [0.2, 0.25) is 0 Å². The summed E-state index contributed by atoms with van der Waals surface area (Å²) in [5.74, 6) is -1.44. The van der Waals surface area contributed by atoms with Gasteiger partial charge < -0.3 is 20.1 Å². The highest BCUT2D eigenvalue weighted by Gasteiger charge is 2.41. The summed E-state index contributed by atoms with van der Waals surface area (Å²) >= 11 is 3.38. The van der Waals surface area contributed by atoms with Crippen LogP contribution in [0.4, 0.5) is 0 Å². The van der Waals surface area contributed by atoms with Gasteiger partial charge in [0, 0.05) is 41.4 Å². The summed E-state index contributed by atoms with van der Waals surface area (Å²) in [6.07, 6.45) is 0.527. The lowest BCUT2D eigenvalue weighted by atomic mass is 9.90. The van der Waals surface area contributed by atoms with Crippen LogP contribution in [-0.2, 0) is 9.53 Å². The molecule has 0 spiro atoms. The van der Waals surface area contributed by atoms with E-state index in [1.54, 1.807) is 6.07 Å². The van der Waals surface area contributed by atoms with Crippen molar-refractivity contribution in [3.05, 3.63) is 34.4 Å². The zero-order valence-corrected chi connectivity index (χ0v) is 13.3. The molecule has 1 aromatic carbocycles. The number of nitrogens with one attached hydrogen (secondary N) is 2. The van der Waals surface area contributed by atoms with Crippen molar-refractivity contribution in [2.24, 2.45) is 0 Å². The van der Waals surface area contributed by atoms with Gasteiger partial charge in [-0.3, -0.25) is 4.79 Å². The number of benzene rings is 1. The molecule has 0 radical (unpaired) electrons. The van der Waals surface area contributed by atoms with Crippen LogP contribution in [0.15, 0.2) is 28.7 Å². The Balaban J connectivity index is 1.86. The lowest BCUT2D eigenvalue weighted by Crippen LogP contribution is -2.57.